The highest BCUT2D eigenvalue weighted by molar-refractivity contribution is 5.92. The van der Waals surface area contributed by atoms with Crippen molar-refractivity contribution in [3.8, 4) is 0 Å². The molecule has 1 aromatic rings. The quantitative estimate of drug-likeness (QED) is 0.775. The van der Waals surface area contributed by atoms with Gasteiger partial charge < -0.3 is 11.1 Å². The van der Waals surface area contributed by atoms with E-state index in [1.54, 1.807) is 18.2 Å². The van der Waals surface area contributed by atoms with Gasteiger partial charge in [-0.05, 0) is 30.4 Å². The number of pyridine rings is 1. The molecule has 1 heterocycles. The number of nitrogen functional groups attached to an aromatic ring is 1. The molecule has 3 N–H and O–H groups in total. The van der Waals surface area contributed by atoms with Crippen molar-refractivity contribution in [1.29, 1.82) is 0 Å². The minimum Gasteiger partial charge on any atom is -0.384 e. The van der Waals surface area contributed by atoms with E-state index in [4.69, 9.17) is 5.73 Å². The molecule has 2 unspecified atom stereocenters. The maximum Gasteiger partial charge on any atom is 0.269 e. The Hall–Kier alpha value is -1.58. The number of nitrogens with zero attached hydrogens (tertiary/aromatic N) is 1. The summed E-state index contributed by atoms with van der Waals surface area (Å²) in [4.78, 5) is 15.6. The van der Waals surface area contributed by atoms with Gasteiger partial charge >= 0.3 is 0 Å². The second-order valence-electron chi connectivity index (χ2n) is 4.13. The van der Waals surface area contributed by atoms with Gasteiger partial charge in [-0.2, -0.15) is 0 Å². The standard InChI is InChI=1S/C11H15N3O/c1-7-5-8(7)6-13-11(15)9-3-2-4-10(12)14-9/h2-4,7-8H,5-6H2,1H3,(H2,12,14)(H,13,15). The summed E-state index contributed by atoms with van der Waals surface area (Å²) >= 11 is 0. The first kappa shape index (κ1) is 9.96. The summed E-state index contributed by atoms with van der Waals surface area (Å²) < 4.78 is 0. The van der Waals surface area contributed by atoms with Crippen LogP contribution in [0.4, 0.5) is 5.82 Å². The van der Waals surface area contributed by atoms with E-state index < -0.39 is 0 Å². The molecule has 4 heteroatoms. The molecule has 4 nitrogen and oxygen atoms in total. The third-order valence-corrected chi connectivity index (χ3v) is 2.80. The average molecular weight is 205 g/mol. The summed E-state index contributed by atoms with van der Waals surface area (Å²) in [7, 11) is 0. The predicted octanol–water partition coefficient (Wildman–Crippen LogP) is 1.05. The van der Waals surface area contributed by atoms with Gasteiger partial charge in [0.25, 0.3) is 5.91 Å². The third kappa shape index (κ3) is 2.46. The van der Waals surface area contributed by atoms with Crippen LogP contribution in [0.3, 0.4) is 0 Å². The molecule has 0 bridgehead atoms. The summed E-state index contributed by atoms with van der Waals surface area (Å²) in [6.45, 7) is 2.94. The first-order valence-electron chi connectivity index (χ1n) is 5.17. The minimum atomic E-state index is -0.138. The monoisotopic (exact) mass is 205 g/mol. The van der Waals surface area contributed by atoms with Crippen molar-refractivity contribution in [2.75, 3.05) is 12.3 Å². The molecule has 1 aliphatic carbocycles. The molecule has 1 fully saturated rings. The lowest BCUT2D eigenvalue weighted by molar-refractivity contribution is 0.0946. The van der Waals surface area contributed by atoms with Crippen molar-refractivity contribution < 1.29 is 4.79 Å². The topological polar surface area (TPSA) is 68.0 Å². The van der Waals surface area contributed by atoms with E-state index in [1.807, 2.05) is 0 Å². The minimum absolute atomic E-state index is 0.138. The Morgan fingerprint density at radius 1 is 1.67 bits per heavy atom. The van der Waals surface area contributed by atoms with Crippen LogP contribution in [0.5, 0.6) is 0 Å². The van der Waals surface area contributed by atoms with Crippen LogP contribution >= 0.6 is 0 Å². The highest BCUT2D eigenvalue weighted by Gasteiger charge is 2.32. The van der Waals surface area contributed by atoms with Gasteiger partial charge in [0.1, 0.15) is 11.5 Å². The second kappa shape index (κ2) is 3.88. The van der Waals surface area contributed by atoms with Crippen molar-refractivity contribution in [3.63, 3.8) is 0 Å². The summed E-state index contributed by atoms with van der Waals surface area (Å²) in [5, 5.41) is 2.86. The molecular weight excluding hydrogens is 190 g/mol. The Bertz CT molecular complexity index is 378. The number of hydrogen-bond acceptors (Lipinski definition) is 3. The summed E-state index contributed by atoms with van der Waals surface area (Å²) in [5.41, 5.74) is 5.89. The van der Waals surface area contributed by atoms with Gasteiger partial charge in [0.2, 0.25) is 0 Å². The van der Waals surface area contributed by atoms with Crippen LogP contribution in [0.25, 0.3) is 0 Å². The van der Waals surface area contributed by atoms with Gasteiger partial charge in [0.15, 0.2) is 0 Å². The maximum absolute atomic E-state index is 11.6. The first-order valence-corrected chi connectivity index (χ1v) is 5.17. The van der Waals surface area contributed by atoms with Crippen LogP contribution < -0.4 is 11.1 Å². The lowest BCUT2D eigenvalue weighted by Crippen LogP contribution is -2.26. The van der Waals surface area contributed by atoms with E-state index >= 15 is 0 Å². The van der Waals surface area contributed by atoms with Crippen LogP contribution in [0.2, 0.25) is 0 Å². The normalized spacial score (nSPS) is 23.5. The molecule has 2 rings (SSSR count). The highest BCUT2D eigenvalue weighted by Crippen LogP contribution is 2.36. The van der Waals surface area contributed by atoms with E-state index in [0.717, 1.165) is 12.5 Å². The summed E-state index contributed by atoms with van der Waals surface area (Å²) in [6.07, 6.45) is 1.21. The lowest BCUT2D eigenvalue weighted by atomic mass is 10.3. The Morgan fingerprint density at radius 2 is 2.40 bits per heavy atom. The number of carbonyl (C=O) groups is 1. The molecule has 1 aromatic heterocycles. The summed E-state index contributed by atoms with van der Waals surface area (Å²) in [6, 6.07) is 5.07. The molecular formula is C11H15N3O. The fourth-order valence-electron chi connectivity index (χ4n) is 1.58. The van der Waals surface area contributed by atoms with Gasteiger partial charge in [-0.3, -0.25) is 4.79 Å². The molecule has 2 atom stereocenters. The molecule has 1 aliphatic rings. The van der Waals surface area contributed by atoms with Gasteiger partial charge in [0, 0.05) is 6.54 Å². The molecule has 0 saturated heterocycles. The summed E-state index contributed by atoms with van der Waals surface area (Å²) in [5.74, 6) is 1.64. The number of carbonyl (C=O) groups excluding carboxylic acids is 1. The van der Waals surface area contributed by atoms with Gasteiger partial charge in [-0.15, -0.1) is 0 Å². The molecule has 0 aromatic carbocycles. The Labute approximate surface area is 88.9 Å². The van der Waals surface area contributed by atoms with Crippen LogP contribution in [0.15, 0.2) is 18.2 Å². The van der Waals surface area contributed by atoms with Crippen LogP contribution in [0.1, 0.15) is 23.8 Å². The second-order valence-corrected chi connectivity index (χ2v) is 4.13. The zero-order chi connectivity index (χ0) is 10.8. The highest BCUT2D eigenvalue weighted by atomic mass is 16.1. The smallest absolute Gasteiger partial charge is 0.269 e. The lowest BCUT2D eigenvalue weighted by Gasteiger charge is -2.03. The number of nitrogens with one attached hydrogen (secondary N) is 1. The molecule has 1 amide bonds. The third-order valence-electron chi connectivity index (χ3n) is 2.80. The van der Waals surface area contributed by atoms with Crippen LogP contribution in [-0.4, -0.2) is 17.4 Å². The molecule has 0 spiro atoms. The maximum atomic E-state index is 11.6. The number of rotatable bonds is 3. The zero-order valence-electron chi connectivity index (χ0n) is 8.73. The van der Waals surface area contributed by atoms with E-state index in [0.29, 0.717) is 17.4 Å². The average Bonchev–Trinajstić information content (AvgIpc) is 2.91. The van der Waals surface area contributed by atoms with Crippen molar-refractivity contribution >= 4 is 11.7 Å². The number of anilines is 1. The Balaban J connectivity index is 1.90. The Kier molecular flexibility index (Phi) is 2.58. The Morgan fingerprint density at radius 3 is 3.00 bits per heavy atom. The van der Waals surface area contributed by atoms with Gasteiger partial charge in [0.05, 0.1) is 0 Å². The van der Waals surface area contributed by atoms with Gasteiger partial charge in [-0.1, -0.05) is 13.0 Å². The zero-order valence-corrected chi connectivity index (χ0v) is 8.73. The van der Waals surface area contributed by atoms with Crippen LogP contribution in [-0.2, 0) is 0 Å². The van der Waals surface area contributed by atoms with Crippen molar-refractivity contribution in [2.24, 2.45) is 11.8 Å². The van der Waals surface area contributed by atoms with Crippen molar-refractivity contribution in [2.45, 2.75) is 13.3 Å². The SMILES string of the molecule is CC1CC1CNC(=O)c1cccc(N)n1. The number of hydrogen-bond donors (Lipinski definition) is 2. The number of nitrogens with two attached hydrogens (primary N) is 1. The van der Waals surface area contributed by atoms with Crippen molar-refractivity contribution in [3.05, 3.63) is 23.9 Å². The van der Waals surface area contributed by atoms with E-state index in [9.17, 15) is 4.79 Å². The van der Waals surface area contributed by atoms with E-state index in [-0.39, 0.29) is 5.91 Å². The van der Waals surface area contributed by atoms with E-state index in [2.05, 4.69) is 17.2 Å². The fourth-order valence-corrected chi connectivity index (χ4v) is 1.58. The molecule has 15 heavy (non-hydrogen) atoms. The number of aromatic nitrogens is 1. The molecule has 1 saturated carbocycles. The molecule has 80 valence electrons. The predicted molar refractivity (Wildman–Crippen MR) is 58.3 cm³/mol. The molecule has 0 aliphatic heterocycles. The van der Waals surface area contributed by atoms with E-state index in [1.165, 1.54) is 6.42 Å². The fraction of sp³-hybridized carbons (Fsp3) is 0.455. The van der Waals surface area contributed by atoms with Gasteiger partial charge in [-0.25, -0.2) is 4.98 Å². The van der Waals surface area contributed by atoms with Crippen molar-refractivity contribution in [1.82, 2.24) is 10.3 Å². The van der Waals surface area contributed by atoms with Crippen LogP contribution in [0, 0.1) is 11.8 Å². The largest absolute Gasteiger partial charge is 0.384 e. The molecule has 0 radical (unpaired) electrons. The number of amides is 1. The first-order chi connectivity index (χ1) is 7.16.